The van der Waals surface area contributed by atoms with Crippen LogP contribution < -0.4 is 5.32 Å². The number of hydrogen-bond acceptors (Lipinski definition) is 1. The summed E-state index contributed by atoms with van der Waals surface area (Å²) in [5.74, 6) is 0. The standard InChI is InChI=1S/C3H7NO.C3H8/c1-2-4-3-5;1-3-2/h3H,2H2,1H3,(H,4,5);3H2,1-2H3. The molecule has 0 aliphatic carbocycles. The highest BCUT2D eigenvalue weighted by molar-refractivity contribution is 5.45. The van der Waals surface area contributed by atoms with E-state index >= 15 is 0 Å². The third-order valence-electron chi connectivity index (χ3n) is 0.287. The Labute approximate surface area is 51.3 Å². The van der Waals surface area contributed by atoms with Crippen molar-refractivity contribution in [1.82, 2.24) is 5.32 Å². The lowest BCUT2D eigenvalue weighted by atomic mass is 10.6. The maximum atomic E-state index is 9.29. The predicted molar refractivity (Wildman–Crippen MR) is 35.7 cm³/mol. The van der Waals surface area contributed by atoms with Crippen LogP contribution in [0.2, 0.25) is 0 Å². The second-order valence-corrected chi connectivity index (χ2v) is 1.38. The molecule has 8 heavy (non-hydrogen) atoms. The Hall–Kier alpha value is -0.530. The molecule has 2 nitrogen and oxygen atoms in total. The van der Waals surface area contributed by atoms with Crippen LogP contribution >= 0.6 is 0 Å². The van der Waals surface area contributed by atoms with Crippen molar-refractivity contribution in [1.29, 1.82) is 0 Å². The Balaban J connectivity index is 0. The molecule has 0 atom stereocenters. The smallest absolute Gasteiger partial charge is 0.207 e. The topological polar surface area (TPSA) is 29.1 Å². The number of nitrogens with one attached hydrogen (secondary N) is 1. The first-order valence-electron chi connectivity index (χ1n) is 3.00. The van der Waals surface area contributed by atoms with Crippen molar-refractivity contribution in [2.45, 2.75) is 27.2 Å². The van der Waals surface area contributed by atoms with Gasteiger partial charge in [0.1, 0.15) is 0 Å². The van der Waals surface area contributed by atoms with Gasteiger partial charge < -0.3 is 5.32 Å². The molecule has 0 aromatic rings. The van der Waals surface area contributed by atoms with Crippen LogP contribution in [0.5, 0.6) is 0 Å². The van der Waals surface area contributed by atoms with Crippen molar-refractivity contribution in [3.05, 3.63) is 0 Å². The number of carbonyl (C=O) groups is 1. The average Bonchev–Trinajstić information content (AvgIpc) is 1.71. The third-order valence-corrected chi connectivity index (χ3v) is 0.287. The molecule has 0 aromatic carbocycles. The molecule has 0 aliphatic heterocycles. The minimum absolute atomic E-state index is 0.681. The van der Waals surface area contributed by atoms with Crippen molar-refractivity contribution in [2.75, 3.05) is 6.54 Å². The van der Waals surface area contributed by atoms with Gasteiger partial charge in [-0.05, 0) is 6.92 Å². The number of carbonyl (C=O) groups excluding carboxylic acids is 1. The molecule has 0 aromatic heterocycles. The van der Waals surface area contributed by atoms with Crippen LogP contribution in [0.4, 0.5) is 0 Å². The SMILES string of the molecule is CCC.CCNC=O. The normalized spacial score (nSPS) is 6.38. The van der Waals surface area contributed by atoms with Crippen molar-refractivity contribution >= 4 is 6.41 Å². The summed E-state index contributed by atoms with van der Waals surface area (Å²) in [6, 6.07) is 0. The molecule has 0 radical (unpaired) electrons. The van der Waals surface area contributed by atoms with E-state index in [2.05, 4.69) is 19.2 Å². The van der Waals surface area contributed by atoms with E-state index in [0.717, 1.165) is 6.54 Å². The molecule has 1 amide bonds. The number of hydrogen-bond donors (Lipinski definition) is 1. The summed E-state index contributed by atoms with van der Waals surface area (Å²) >= 11 is 0. The highest BCUT2D eigenvalue weighted by Gasteiger charge is 1.59. The Bertz CT molecular complexity index is 37.5. The van der Waals surface area contributed by atoms with E-state index in [9.17, 15) is 4.79 Å². The van der Waals surface area contributed by atoms with Crippen LogP contribution in [-0.4, -0.2) is 13.0 Å². The minimum Gasteiger partial charge on any atom is -0.359 e. The van der Waals surface area contributed by atoms with Gasteiger partial charge in [0.25, 0.3) is 0 Å². The Morgan fingerprint density at radius 2 is 1.75 bits per heavy atom. The summed E-state index contributed by atoms with van der Waals surface area (Å²) in [7, 11) is 0. The zero-order chi connectivity index (χ0) is 6.83. The first kappa shape index (κ1) is 10.5. The van der Waals surface area contributed by atoms with E-state index in [4.69, 9.17) is 0 Å². The van der Waals surface area contributed by atoms with Gasteiger partial charge in [-0.15, -0.1) is 0 Å². The van der Waals surface area contributed by atoms with Crippen LogP contribution in [0.25, 0.3) is 0 Å². The summed E-state index contributed by atoms with van der Waals surface area (Å²) in [5, 5.41) is 2.43. The molecule has 0 heterocycles. The minimum atomic E-state index is 0.681. The summed E-state index contributed by atoms with van der Waals surface area (Å²) in [6.45, 7) is 6.85. The molecule has 0 saturated heterocycles. The molecule has 50 valence electrons. The maximum absolute atomic E-state index is 9.29. The maximum Gasteiger partial charge on any atom is 0.207 e. The van der Waals surface area contributed by atoms with E-state index in [-0.39, 0.29) is 0 Å². The Kier molecular flexibility index (Phi) is 21.0. The third kappa shape index (κ3) is 50.6. The van der Waals surface area contributed by atoms with Crippen LogP contribution in [-0.2, 0) is 4.79 Å². The van der Waals surface area contributed by atoms with Crippen LogP contribution in [0.15, 0.2) is 0 Å². The molecule has 0 rings (SSSR count). The van der Waals surface area contributed by atoms with Crippen molar-refractivity contribution in [3.63, 3.8) is 0 Å². The fourth-order valence-electron chi connectivity index (χ4n) is 0.0833. The molecular weight excluding hydrogens is 102 g/mol. The van der Waals surface area contributed by atoms with E-state index < -0.39 is 0 Å². The van der Waals surface area contributed by atoms with Gasteiger partial charge in [0.05, 0.1) is 0 Å². The molecule has 0 saturated carbocycles. The monoisotopic (exact) mass is 117 g/mol. The van der Waals surface area contributed by atoms with Crippen LogP contribution in [0, 0.1) is 0 Å². The summed E-state index contributed by atoms with van der Waals surface area (Å²) in [6.07, 6.45) is 1.93. The highest BCUT2D eigenvalue weighted by atomic mass is 16.1. The van der Waals surface area contributed by atoms with Gasteiger partial charge in [-0.25, -0.2) is 0 Å². The van der Waals surface area contributed by atoms with Crippen molar-refractivity contribution in [3.8, 4) is 0 Å². The fourth-order valence-corrected chi connectivity index (χ4v) is 0.0833. The summed E-state index contributed by atoms with van der Waals surface area (Å²) in [5.41, 5.74) is 0. The quantitative estimate of drug-likeness (QED) is 0.540. The van der Waals surface area contributed by atoms with E-state index in [1.54, 1.807) is 0 Å². The van der Waals surface area contributed by atoms with E-state index in [1.807, 2.05) is 6.92 Å². The Morgan fingerprint density at radius 3 is 1.75 bits per heavy atom. The summed E-state index contributed by atoms with van der Waals surface area (Å²) < 4.78 is 0. The van der Waals surface area contributed by atoms with Gasteiger partial charge in [0.15, 0.2) is 0 Å². The molecule has 0 spiro atoms. The molecule has 1 N–H and O–H groups in total. The van der Waals surface area contributed by atoms with Gasteiger partial charge in [0, 0.05) is 6.54 Å². The Morgan fingerprint density at radius 1 is 1.38 bits per heavy atom. The lowest BCUT2D eigenvalue weighted by molar-refractivity contribution is -0.109. The second kappa shape index (κ2) is 16.1. The largest absolute Gasteiger partial charge is 0.359 e. The first-order valence-corrected chi connectivity index (χ1v) is 3.00. The zero-order valence-electron chi connectivity index (χ0n) is 5.90. The fraction of sp³-hybridized carbons (Fsp3) is 0.833. The van der Waals surface area contributed by atoms with Crippen LogP contribution in [0.3, 0.4) is 0 Å². The van der Waals surface area contributed by atoms with Gasteiger partial charge in [-0.1, -0.05) is 20.3 Å². The van der Waals surface area contributed by atoms with Crippen LogP contribution in [0.1, 0.15) is 27.2 Å². The molecule has 0 bridgehead atoms. The number of amides is 1. The van der Waals surface area contributed by atoms with Gasteiger partial charge in [-0.3, -0.25) is 4.79 Å². The van der Waals surface area contributed by atoms with Crippen molar-refractivity contribution < 1.29 is 4.79 Å². The van der Waals surface area contributed by atoms with Gasteiger partial charge in [0.2, 0.25) is 6.41 Å². The van der Waals surface area contributed by atoms with Crippen molar-refractivity contribution in [2.24, 2.45) is 0 Å². The number of rotatable bonds is 2. The van der Waals surface area contributed by atoms with Gasteiger partial charge >= 0.3 is 0 Å². The molecular formula is C6H15NO. The lowest BCUT2D eigenvalue weighted by Crippen LogP contribution is -2.07. The predicted octanol–water partition coefficient (Wildman–Crippen LogP) is 1.17. The highest BCUT2D eigenvalue weighted by Crippen LogP contribution is 1.56. The summed E-state index contributed by atoms with van der Waals surface area (Å²) in [4.78, 5) is 9.29. The van der Waals surface area contributed by atoms with Gasteiger partial charge in [-0.2, -0.15) is 0 Å². The average molecular weight is 117 g/mol. The molecule has 0 fully saturated rings. The second-order valence-electron chi connectivity index (χ2n) is 1.38. The van der Waals surface area contributed by atoms with E-state index in [0.29, 0.717) is 6.41 Å². The molecule has 0 unspecified atom stereocenters. The zero-order valence-corrected chi connectivity index (χ0v) is 5.90. The lowest BCUT2D eigenvalue weighted by Gasteiger charge is -1.78. The van der Waals surface area contributed by atoms with E-state index in [1.165, 1.54) is 6.42 Å². The molecule has 0 aliphatic rings. The first-order chi connectivity index (χ1) is 3.83. The molecule has 2 heteroatoms.